The molecule has 1 atom stereocenters. The second kappa shape index (κ2) is 5.71. The average molecular weight is 249 g/mol. The third-order valence-corrected chi connectivity index (χ3v) is 3.26. The number of hydrogen-bond donors (Lipinski definition) is 1. The molecule has 2 heterocycles. The summed E-state index contributed by atoms with van der Waals surface area (Å²) in [7, 11) is 1.57. The van der Waals surface area contributed by atoms with E-state index in [0.717, 1.165) is 19.4 Å². The number of nitrogens with zero attached hydrogens (tertiary/aromatic N) is 2. The van der Waals surface area contributed by atoms with Crippen LogP contribution in [0, 0.1) is 0 Å². The van der Waals surface area contributed by atoms with Gasteiger partial charge in [-0.1, -0.05) is 0 Å². The summed E-state index contributed by atoms with van der Waals surface area (Å²) < 4.78 is 4.97. The molecule has 1 aliphatic rings. The topological polar surface area (TPSA) is 54.5 Å². The van der Waals surface area contributed by atoms with Crippen LogP contribution < -0.4 is 10.1 Å². The number of nitrogens with one attached hydrogen (secondary N) is 1. The van der Waals surface area contributed by atoms with Crippen molar-refractivity contribution in [3.05, 3.63) is 18.3 Å². The van der Waals surface area contributed by atoms with Crippen LogP contribution in [0.15, 0.2) is 18.3 Å². The van der Waals surface area contributed by atoms with Gasteiger partial charge < -0.3 is 15.0 Å². The fraction of sp³-hybridized carbons (Fsp3) is 0.538. The summed E-state index contributed by atoms with van der Waals surface area (Å²) in [5.41, 5.74) is 0.693. The van der Waals surface area contributed by atoms with Crippen molar-refractivity contribution < 1.29 is 9.53 Å². The molecule has 98 valence electrons. The maximum atomic E-state index is 12.1. The predicted octanol–water partition coefficient (Wildman–Crippen LogP) is 2.50. The third kappa shape index (κ3) is 2.91. The number of rotatable bonds is 2. The molecule has 1 unspecified atom stereocenters. The van der Waals surface area contributed by atoms with E-state index in [2.05, 4.69) is 17.2 Å². The largest absolute Gasteiger partial charge is 0.481 e. The fourth-order valence-electron chi connectivity index (χ4n) is 2.17. The van der Waals surface area contributed by atoms with Crippen molar-refractivity contribution in [2.24, 2.45) is 0 Å². The zero-order valence-electron chi connectivity index (χ0n) is 10.8. The van der Waals surface area contributed by atoms with Gasteiger partial charge in [0.25, 0.3) is 0 Å². The van der Waals surface area contributed by atoms with Crippen LogP contribution in [0.25, 0.3) is 0 Å². The minimum atomic E-state index is -0.0471. The van der Waals surface area contributed by atoms with Gasteiger partial charge in [-0.2, -0.15) is 0 Å². The van der Waals surface area contributed by atoms with Gasteiger partial charge in [0.2, 0.25) is 5.88 Å². The van der Waals surface area contributed by atoms with E-state index in [4.69, 9.17) is 4.74 Å². The Hall–Kier alpha value is -1.78. The van der Waals surface area contributed by atoms with Gasteiger partial charge in [-0.15, -0.1) is 0 Å². The van der Waals surface area contributed by atoms with Gasteiger partial charge in [0.05, 0.1) is 19.0 Å². The summed E-state index contributed by atoms with van der Waals surface area (Å²) in [6.45, 7) is 2.92. The standard InChI is InChI=1S/C13H19N3O2/c1-10-5-3-4-8-16(10)13(17)15-11-6-7-12(18-2)14-9-11/h6-7,9-10H,3-5,8H2,1-2H3,(H,15,17). The summed E-state index contributed by atoms with van der Waals surface area (Å²) in [6, 6.07) is 3.78. The molecule has 2 amide bonds. The Kier molecular flexibility index (Phi) is 4.02. The van der Waals surface area contributed by atoms with Crippen LogP contribution in [-0.4, -0.2) is 35.6 Å². The van der Waals surface area contributed by atoms with Crippen molar-refractivity contribution >= 4 is 11.7 Å². The number of hydrogen-bond acceptors (Lipinski definition) is 3. The molecule has 0 bridgehead atoms. The molecule has 5 heteroatoms. The molecule has 5 nitrogen and oxygen atoms in total. The molecule has 1 saturated heterocycles. The predicted molar refractivity (Wildman–Crippen MR) is 69.8 cm³/mol. The van der Waals surface area contributed by atoms with E-state index < -0.39 is 0 Å². The quantitative estimate of drug-likeness (QED) is 0.876. The first-order valence-corrected chi connectivity index (χ1v) is 6.28. The maximum absolute atomic E-state index is 12.1. The van der Waals surface area contributed by atoms with Crippen molar-refractivity contribution in [3.8, 4) is 5.88 Å². The molecule has 0 radical (unpaired) electrons. The highest BCUT2D eigenvalue weighted by Gasteiger charge is 2.22. The van der Waals surface area contributed by atoms with Gasteiger partial charge in [0, 0.05) is 18.7 Å². The van der Waals surface area contributed by atoms with Crippen LogP contribution in [0.3, 0.4) is 0 Å². The summed E-state index contributed by atoms with van der Waals surface area (Å²) >= 11 is 0. The van der Waals surface area contributed by atoms with Crippen LogP contribution in [0.2, 0.25) is 0 Å². The molecule has 1 aromatic heterocycles. The first-order valence-electron chi connectivity index (χ1n) is 6.28. The van der Waals surface area contributed by atoms with Crippen molar-refractivity contribution in [2.75, 3.05) is 19.0 Å². The van der Waals surface area contributed by atoms with E-state index in [1.54, 1.807) is 25.4 Å². The Morgan fingerprint density at radius 3 is 2.94 bits per heavy atom. The zero-order chi connectivity index (χ0) is 13.0. The van der Waals surface area contributed by atoms with Crippen molar-refractivity contribution in [1.82, 2.24) is 9.88 Å². The molecule has 2 rings (SSSR count). The van der Waals surface area contributed by atoms with Crippen LogP contribution in [0.1, 0.15) is 26.2 Å². The van der Waals surface area contributed by atoms with Crippen molar-refractivity contribution in [1.29, 1.82) is 0 Å². The Morgan fingerprint density at radius 2 is 2.33 bits per heavy atom. The molecule has 1 aromatic rings. The molecule has 0 saturated carbocycles. The fourth-order valence-corrected chi connectivity index (χ4v) is 2.17. The Labute approximate surface area is 107 Å². The highest BCUT2D eigenvalue weighted by molar-refractivity contribution is 5.89. The molecule has 1 N–H and O–H groups in total. The number of likely N-dealkylation sites (tertiary alicyclic amines) is 1. The summed E-state index contributed by atoms with van der Waals surface area (Å²) in [4.78, 5) is 18.0. The molecule has 18 heavy (non-hydrogen) atoms. The minimum absolute atomic E-state index is 0.0471. The number of methoxy groups -OCH3 is 1. The van der Waals surface area contributed by atoms with Crippen LogP contribution in [0.4, 0.5) is 10.5 Å². The van der Waals surface area contributed by atoms with Gasteiger partial charge in [-0.25, -0.2) is 9.78 Å². The lowest BCUT2D eigenvalue weighted by Crippen LogP contribution is -2.44. The zero-order valence-corrected chi connectivity index (χ0v) is 10.8. The van der Waals surface area contributed by atoms with Gasteiger partial charge >= 0.3 is 6.03 Å². The number of anilines is 1. The Bertz CT molecular complexity index is 405. The SMILES string of the molecule is COc1ccc(NC(=O)N2CCCCC2C)cn1. The first kappa shape index (κ1) is 12.7. The average Bonchev–Trinajstić information content (AvgIpc) is 2.40. The molecular formula is C13H19N3O2. The highest BCUT2D eigenvalue weighted by atomic mass is 16.5. The Balaban J connectivity index is 1.97. The third-order valence-electron chi connectivity index (χ3n) is 3.26. The number of amides is 2. The van der Waals surface area contributed by atoms with E-state index in [0.29, 0.717) is 17.6 Å². The summed E-state index contributed by atoms with van der Waals surface area (Å²) in [5, 5.41) is 2.86. The lowest BCUT2D eigenvalue weighted by atomic mass is 10.0. The van der Waals surface area contributed by atoms with Gasteiger partial charge in [0.15, 0.2) is 0 Å². The van der Waals surface area contributed by atoms with Crippen LogP contribution >= 0.6 is 0 Å². The lowest BCUT2D eigenvalue weighted by molar-refractivity contribution is 0.170. The Morgan fingerprint density at radius 1 is 1.50 bits per heavy atom. The van der Waals surface area contributed by atoms with Crippen molar-refractivity contribution in [2.45, 2.75) is 32.2 Å². The maximum Gasteiger partial charge on any atom is 0.322 e. The number of carbonyl (C=O) groups excluding carboxylic acids is 1. The molecular weight excluding hydrogens is 230 g/mol. The van der Waals surface area contributed by atoms with Gasteiger partial charge in [0.1, 0.15) is 0 Å². The molecule has 0 spiro atoms. The van der Waals surface area contributed by atoms with E-state index in [1.165, 1.54) is 6.42 Å². The smallest absolute Gasteiger partial charge is 0.322 e. The number of piperidine rings is 1. The van der Waals surface area contributed by atoms with E-state index >= 15 is 0 Å². The molecule has 1 aliphatic heterocycles. The summed E-state index contributed by atoms with van der Waals surface area (Å²) in [5.74, 6) is 0.541. The highest BCUT2D eigenvalue weighted by Crippen LogP contribution is 2.18. The van der Waals surface area contributed by atoms with Crippen LogP contribution in [0.5, 0.6) is 5.88 Å². The van der Waals surface area contributed by atoms with E-state index in [9.17, 15) is 4.79 Å². The normalized spacial score (nSPS) is 19.4. The monoisotopic (exact) mass is 249 g/mol. The van der Waals surface area contributed by atoms with Gasteiger partial charge in [-0.05, 0) is 32.3 Å². The number of aromatic nitrogens is 1. The van der Waals surface area contributed by atoms with E-state index in [-0.39, 0.29) is 6.03 Å². The number of pyridine rings is 1. The number of ether oxygens (including phenoxy) is 1. The minimum Gasteiger partial charge on any atom is -0.481 e. The van der Waals surface area contributed by atoms with E-state index in [1.807, 2.05) is 4.90 Å². The van der Waals surface area contributed by atoms with Crippen LogP contribution in [-0.2, 0) is 0 Å². The second-order valence-corrected chi connectivity index (χ2v) is 4.56. The lowest BCUT2D eigenvalue weighted by Gasteiger charge is -2.33. The molecule has 0 aliphatic carbocycles. The molecule has 0 aromatic carbocycles. The molecule has 1 fully saturated rings. The number of carbonyl (C=O) groups is 1. The summed E-state index contributed by atoms with van der Waals surface area (Å²) in [6.07, 6.45) is 4.97. The van der Waals surface area contributed by atoms with Gasteiger partial charge in [-0.3, -0.25) is 0 Å². The first-order chi connectivity index (χ1) is 8.70. The van der Waals surface area contributed by atoms with Crippen molar-refractivity contribution in [3.63, 3.8) is 0 Å². The number of urea groups is 1. The second-order valence-electron chi connectivity index (χ2n) is 4.56.